The summed E-state index contributed by atoms with van der Waals surface area (Å²) >= 11 is 0. The molecule has 0 bridgehead atoms. The van der Waals surface area contributed by atoms with E-state index < -0.39 is 5.97 Å². The van der Waals surface area contributed by atoms with Crippen molar-refractivity contribution in [3.05, 3.63) is 43.8 Å². The Morgan fingerprint density at radius 2 is 1.62 bits per heavy atom. The minimum absolute atomic E-state index is 0. The van der Waals surface area contributed by atoms with Crippen LogP contribution in [0.2, 0.25) is 0 Å². The zero-order chi connectivity index (χ0) is 12.7. The fourth-order valence-corrected chi connectivity index (χ4v) is 0.781. The molecular weight excluding hydrogens is 256 g/mol. The first-order valence-corrected chi connectivity index (χ1v) is 3.51. The molecule has 1 aliphatic carbocycles. The largest absolute Gasteiger partial charge is 0 e. The monoisotopic (exact) mass is 264 g/mol. The van der Waals surface area contributed by atoms with Crippen LogP contribution in [0, 0.1) is 20.0 Å². The van der Waals surface area contributed by atoms with Crippen LogP contribution >= 0.6 is 0 Å². The van der Waals surface area contributed by atoms with E-state index in [0.29, 0.717) is 12.0 Å². The zero-order valence-electron chi connectivity index (χ0n) is 8.08. The van der Waals surface area contributed by atoms with Gasteiger partial charge in [0.05, 0.1) is 0 Å². The Bertz CT molecular complexity index is 271. The molecule has 1 rings (SSSR count). The van der Waals surface area contributed by atoms with E-state index in [-0.39, 0.29) is 17.1 Å². The molecule has 0 spiro atoms. The van der Waals surface area contributed by atoms with Gasteiger partial charge in [0.15, 0.2) is 0 Å². The third-order valence-corrected chi connectivity index (χ3v) is 1.29. The molecule has 0 aromatic rings. The van der Waals surface area contributed by atoms with Crippen LogP contribution in [0.3, 0.4) is 0 Å². The second-order valence-electron chi connectivity index (χ2n) is 1.96. The average Bonchev–Trinajstić information content (AvgIpc) is 2.38. The smallest absolute Gasteiger partial charge is 0 e. The van der Waals surface area contributed by atoms with Crippen molar-refractivity contribution in [3.63, 3.8) is 0 Å². The molecule has 0 aromatic heterocycles. The Kier molecular flexibility index (Phi) is 35.4. The van der Waals surface area contributed by atoms with Gasteiger partial charge in [-0.05, 0) is 12.8 Å². The van der Waals surface area contributed by atoms with E-state index in [1.165, 1.54) is 0 Å². The molecule has 0 unspecified atom stereocenters. The molecule has 0 radical (unpaired) electrons. The van der Waals surface area contributed by atoms with E-state index in [2.05, 4.69) is 20.0 Å². The summed E-state index contributed by atoms with van der Waals surface area (Å²) < 4.78 is 22.5. The minimum atomic E-state index is -0.792. The quantitative estimate of drug-likeness (QED) is 0.437. The van der Waals surface area contributed by atoms with Gasteiger partial charge in [0.1, 0.15) is 0 Å². The van der Waals surface area contributed by atoms with Crippen LogP contribution in [0.4, 0.5) is 0 Å². The molecule has 1 aliphatic rings. The molecule has 0 aromatic carbocycles. The van der Waals surface area contributed by atoms with Crippen molar-refractivity contribution in [3.8, 4) is 0 Å². The molecule has 0 heterocycles. The van der Waals surface area contributed by atoms with Crippen LogP contribution in [0.5, 0.6) is 0 Å². The van der Waals surface area contributed by atoms with E-state index >= 15 is 0 Å². The van der Waals surface area contributed by atoms with Gasteiger partial charge in [-0.25, -0.2) is 4.79 Å². The summed E-state index contributed by atoms with van der Waals surface area (Å²) in [6.07, 6.45) is 6.93. The van der Waals surface area contributed by atoms with Gasteiger partial charge in [-0.15, -0.1) is 0 Å². The molecule has 1 N–H and O–H groups in total. The van der Waals surface area contributed by atoms with Crippen molar-refractivity contribution < 1.29 is 40.9 Å². The zero-order valence-corrected chi connectivity index (χ0v) is 9.18. The number of allylic oxidation sites excluding steroid dienone is 3. The Morgan fingerprint density at radius 3 is 1.81 bits per heavy atom. The number of rotatable bonds is 1. The molecule has 5 nitrogen and oxygen atoms in total. The van der Waals surface area contributed by atoms with Crippen molar-refractivity contribution >= 4 is 5.97 Å². The van der Waals surface area contributed by atoms with E-state index in [1.807, 2.05) is 6.08 Å². The number of carboxylic acids is 1. The summed E-state index contributed by atoms with van der Waals surface area (Å²) in [6, 6.07) is 0. The molecular formula is C10H8FeO5. The van der Waals surface area contributed by atoms with Gasteiger partial charge in [0.25, 0.3) is 0 Å². The van der Waals surface area contributed by atoms with Crippen molar-refractivity contribution in [1.82, 2.24) is 0 Å². The fraction of sp³-hybridized carbons (Fsp3) is 0.200. The maximum atomic E-state index is 10.3. The summed E-state index contributed by atoms with van der Waals surface area (Å²) in [6.45, 7) is 13.5. The average molecular weight is 264 g/mol. The number of carboxylic acid groups (broad SMARTS) is 1. The topological polar surface area (TPSA) is 97.0 Å². The maximum Gasteiger partial charge on any atom is 0 e. The van der Waals surface area contributed by atoms with Gasteiger partial charge in [0, 0.05) is 22.6 Å². The third kappa shape index (κ3) is 15.2. The standard InChI is InChI=1S/C7H8O2.3CO.Fe/c8-7(9)6-4-2-1-3-5-6;3*1-2;/h1-2,4H,3,5H2,(H,8,9);;;;. The first-order chi connectivity index (χ1) is 7.30. The third-order valence-electron chi connectivity index (χ3n) is 1.29. The van der Waals surface area contributed by atoms with E-state index in [1.54, 1.807) is 12.2 Å². The van der Waals surface area contributed by atoms with E-state index in [9.17, 15) is 4.79 Å². The van der Waals surface area contributed by atoms with Crippen LogP contribution in [-0.4, -0.2) is 11.1 Å². The van der Waals surface area contributed by atoms with Crippen LogP contribution in [0.1, 0.15) is 12.8 Å². The summed E-state index contributed by atoms with van der Waals surface area (Å²) in [5.74, 6) is -0.792. The normalized spacial score (nSPS) is 10.0. The molecule has 0 amide bonds. The van der Waals surface area contributed by atoms with Crippen LogP contribution in [-0.2, 0) is 35.8 Å². The minimum Gasteiger partial charge on any atom is 0 e. The van der Waals surface area contributed by atoms with Gasteiger partial charge in [0.2, 0.25) is 0 Å². The maximum absolute atomic E-state index is 10.3. The molecule has 0 atom stereocenters. The molecule has 0 fully saturated rings. The second kappa shape index (κ2) is 23.5. The van der Waals surface area contributed by atoms with Crippen LogP contribution in [0.25, 0.3) is 0 Å². The summed E-state index contributed by atoms with van der Waals surface area (Å²) in [4.78, 5) is 10.3. The summed E-state index contributed by atoms with van der Waals surface area (Å²) in [7, 11) is 0. The number of hydrogen-bond donors (Lipinski definition) is 1. The number of carbonyl (C=O) groups is 1. The Balaban J connectivity index is -0.0000000900. The fourth-order valence-electron chi connectivity index (χ4n) is 0.781. The Morgan fingerprint density at radius 1 is 1.19 bits per heavy atom. The Labute approximate surface area is 104 Å². The second-order valence-corrected chi connectivity index (χ2v) is 1.96. The predicted octanol–water partition coefficient (Wildman–Crippen LogP) is 1.23. The van der Waals surface area contributed by atoms with Gasteiger partial charge in [-0.3, -0.25) is 0 Å². The number of aliphatic carboxylic acids is 1. The SMILES string of the molecule is O=C(O)C1=CC=CCC1.[C-]#[O+].[C-]#[O+].[C-]#[O+].[Fe]. The molecule has 0 aliphatic heterocycles. The van der Waals surface area contributed by atoms with E-state index in [4.69, 9.17) is 19.1 Å². The van der Waals surface area contributed by atoms with Crippen molar-refractivity contribution in [2.45, 2.75) is 12.8 Å². The van der Waals surface area contributed by atoms with Crippen molar-refractivity contribution in [2.24, 2.45) is 0 Å². The first-order valence-electron chi connectivity index (χ1n) is 3.51. The first kappa shape index (κ1) is 24.1. The Hall–Kier alpha value is -1.31. The molecule has 0 saturated carbocycles. The van der Waals surface area contributed by atoms with Gasteiger partial charge >= 0.3 is 39.9 Å². The summed E-state index contributed by atoms with van der Waals surface area (Å²) in [5, 5.41) is 8.44. The van der Waals surface area contributed by atoms with Gasteiger partial charge < -0.3 is 5.11 Å². The molecule has 86 valence electrons. The molecule has 6 heteroatoms. The van der Waals surface area contributed by atoms with Crippen molar-refractivity contribution in [1.29, 1.82) is 0 Å². The van der Waals surface area contributed by atoms with Crippen LogP contribution < -0.4 is 0 Å². The number of hydrogen-bond acceptors (Lipinski definition) is 1. The van der Waals surface area contributed by atoms with E-state index in [0.717, 1.165) is 6.42 Å². The predicted molar refractivity (Wildman–Crippen MR) is 45.9 cm³/mol. The van der Waals surface area contributed by atoms with Gasteiger partial charge in [-0.2, -0.15) is 0 Å². The van der Waals surface area contributed by atoms with Crippen LogP contribution in [0.15, 0.2) is 23.8 Å². The molecule has 16 heavy (non-hydrogen) atoms. The molecule has 0 saturated heterocycles. The van der Waals surface area contributed by atoms with Gasteiger partial charge in [-0.1, -0.05) is 18.2 Å². The van der Waals surface area contributed by atoms with Crippen molar-refractivity contribution in [2.75, 3.05) is 0 Å². The summed E-state index contributed by atoms with van der Waals surface area (Å²) in [5.41, 5.74) is 0.512.